The molecule has 2 aliphatic rings. The number of phenolic OH excluding ortho intramolecular Hbond substituents is 2. The Morgan fingerprint density at radius 1 is 0.880 bits per heavy atom. The summed E-state index contributed by atoms with van der Waals surface area (Å²) in [6.07, 6.45) is -0.712. The molecule has 2 heterocycles. The van der Waals surface area contributed by atoms with Gasteiger partial charge in [-0.3, -0.25) is 0 Å². The monoisotopic (exact) mass is 359 g/mol. The second-order valence-corrected chi connectivity index (χ2v) is 8.11. The molecule has 0 radical (unpaired) electrons. The van der Waals surface area contributed by atoms with E-state index in [0.717, 1.165) is 22.3 Å². The smallest absolute Gasteiger partial charge is 0.215 e. The zero-order valence-corrected chi connectivity index (χ0v) is 14.0. The van der Waals surface area contributed by atoms with Crippen LogP contribution in [0.4, 0.5) is 0 Å². The van der Waals surface area contributed by atoms with E-state index in [-0.39, 0.29) is 17.6 Å². The van der Waals surface area contributed by atoms with Gasteiger partial charge in [0.1, 0.15) is 22.9 Å². The number of nitrogens with two attached hydrogens (primary N) is 1. The minimum atomic E-state index is -3.74. The molecule has 0 amide bonds. The van der Waals surface area contributed by atoms with Crippen molar-refractivity contribution >= 4 is 21.2 Å². The van der Waals surface area contributed by atoms with Gasteiger partial charge < -0.3 is 14.9 Å². The van der Waals surface area contributed by atoms with Gasteiger partial charge in [-0.15, -0.1) is 0 Å². The van der Waals surface area contributed by atoms with Gasteiger partial charge >= 0.3 is 0 Å². The summed E-state index contributed by atoms with van der Waals surface area (Å²) in [5.74, 6) is 0.282. The Bertz CT molecular complexity index is 948. The largest absolute Gasteiger partial charge is 0.508 e. The third-order valence-electron chi connectivity index (χ3n) is 4.77. The number of benzene rings is 2. The third-order valence-corrected chi connectivity index (χ3v) is 6.05. The fraction of sp³-hybridized carbons (Fsp3) is 0.222. The maximum Gasteiger partial charge on any atom is 0.215 e. The molecule has 7 heteroatoms. The molecule has 0 spiro atoms. The molecule has 2 aliphatic heterocycles. The molecule has 0 unspecified atom stereocenters. The van der Waals surface area contributed by atoms with Gasteiger partial charge in [-0.2, -0.15) is 0 Å². The van der Waals surface area contributed by atoms with Crippen molar-refractivity contribution in [2.75, 3.05) is 0 Å². The first-order chi connectivity index (χ1) is 11.8. The standard InChI is InChI=1S/C18H17NO5S/c19-25(22,23)15-9-14-16(10-1-5-12(20)6-2-10)17(18(15)24-14)11-3-7-13(21)8-4-11/h1-8,14-15,18,20-21H,9H2,(H2,19,22,23)/t14-,15+,18+/m0/s1. The summed E-state index contributed by atoms with van der Waals surface area (Å²) in [6, 6.07) is 13.3. The van der Waals surface area contributed by atoms with Crippen molar-refractivity contribution in [1.29, 1.82) is 0 Å². The molecule has 4 N–H and O–H groups in total. The molecule has 130 valence electrons. The van der Waals surface area contributed by atoms with E-state index < -0.39 is 21.4 Å². The Morgan fingerprint density at radius 2 is 1.36 bits per heavy atom. The minimum absolute atomic E-state index is 0.127. The van der Waals surface area contributed by atoms with E-state index >= 15 is 0 Å². The normalized spacial score (nSPS) is 25.6. The summed E-state index contributed by atoms with van der Waals surface area (Å²) >= 11 is 0. The van der Waals surface area contributed by atoms with Crippen LogP contribution in [0.15, 0.2) is 48.5 Å². The molecule has 25 heavy (non-hydrogen) atoms. The number of hydrogen-bond acceptors (Lipinski definition) is 5. The van der Waals surface area contributed by atoms with Gasteiger partial charge in [-0.1, -0.05) is 24.3 Å². The molecule has 4 rings (SSSR count). The van der Waals surface area contributed by atoms with Crippen molar-refractivity contribution in [2.45, 2.75) is 23.9 Å². The maximum absolute atomic E-state index is 11.9. The van der Waals surface area contributed by atoms with E-state index in [9.17, 15) is 18.6 Å². The number of aromatic hydroxyl groups is 2. The van der Waals surface area contributed by atoms with Gasteiger partial charge in [-0.25, -0.2) is 13.6 Å². The number of hydrogen-bond donors (Lipinski definition) is 3. The van der Waals surface area contributed by atoms with E-state index in [1.807, 2.05) is 0 Å². The summed E-state index contributed by atoms with van der Waals surface area (Å²) in [4.78, 5) is 0. The lowest BCUT2D eigenvalue weighted by Gasteiger charge is -2.23. The summed E-state index contributed by atoms with van der Waals surface area (Å²) in [5.41, 5.74) is 3.31. The second kappa shape index (κ2) is 5.59. The SMILES string of the molecule is NS(=O)(=O)[C@@H]1C[C@@H]2O[C@H]1C(c1ccc(O)cc1)=C2c1ccc(O)cc1. The van der Waals surface area contributed by atoms with Crippen LogP contribution in [0.25, 0.3) is 11.1 Å². The van der Waals surface area contributed by atoms with Gasteiger partial charge in [0.25, 0.3) is 0 Å². The Kier molecular flexibility index (Phi) is 3.61. The van der Waals surface area contributed by atoms with Crippen molar-refractivity contribution in [3.63, 3.8) is 0 Å². The van der Waals surface area contributed by atoms with Gasteiger partial charge in [0.05, 0.1) is 6.10 Å². The molecule has 2 aromatic rings. The number of phenols is 2. The quantitative estimate of drug-likeness (QED) is 0.774. The fourth-order valence-corrected chi connectivity index (χ4v) is 4.66. The molecule has 0 aliphatic carbocycles. The molecule has 1 saturated heterocycles. The Labute approximate surface area is 145 Å². The lowest BCUT2D eigenvalue weighted by molar-refractivity contribution is 0.128. The fourth-order valence-electron chi connectivity index (χ4n) is 3.67. The molecular weight excluding hydrogens is 342 g/mol. The summed E-state index contributed by atoms with van der Waals surface area (Å²) in [7, 11) is -3.74. The Morgan fingerprint density at radius 3 is 1.84 bits per heavy atom. The van der Waals surface area contributed by atoms with Crippen molar-refractivity contribution in [3.05, 3.63) is 59.7 Å². The second-order valence-electron chi connectivity index (χ2n) is 6.33. The van der Waals surface area contributed by atoms with Crippen molar-refractivity contribution < 1.29 is 23.4 Å². The van der Waals surface area contributed by atoms with E-state index in [4.69, 9.17) is 9.88 Å². The topological polar surface area (TPSA) is 110 Å². The summed E-state index contributed by atoms with van der Waals surface area (Å²) in [5, 5.41) is 23.7. The van der Waals surface area contributed by atoms with Crippen LogP contribution < -0.4 is 5.14 Å². The zero-order chi connectivity index (χ0) is 17.8. The lowest BCUT2D eigenvalue weighted by Crippen LogP contribution is -2.37. The first-order valence-electron chi connectivity index (χ1n) is 7.84. The number of sulfonamides is 1. The Hall–Kier alpha value is -2.35. The van der Waals surface area contributed by atoms with E-state index in [1.54, 1.807) is 48.5 Å². The van der Waals surface area contributed by atoms with Gasteiger partial charge in [-0.05, 0) is 53.0 Å². The van der Waals surface area contributed by atoms with Crippen LogP contribution in [0.2, 0.25) is 0 Å². The molecule has 3 atom stereocenters. The van der Waals surface area contributed by atoms with Gasteiger partial charge in [0, 0.05) is 0 Å². The van der Waals surface area contributed by atoms with Crippen molar-refractivity contribution in [2.24, 2.45) is 5.14 Å². The highest BCUT2D eigenvalue weighted by molar-refractivity contribution is 7.89. The van der Waals surface area contributed by atoms with Crippen molar-refractivity contribution in [1.82, 2.24) is 0 Å². The third kappa shape index (κ3) is 2.70. The molecule has 0 aromatic heterocycles. The van der Waals surface area contributed by atoms with Crippen LogP contribution in [-0.4, -0.2) is 36.1 Å². The molecule has 6 nitrogen and oxygen atoms in total. The number of rotatable bonds is 3. The van der Waals surface area contributed by atoms with Gasteiger partial charge in [0.2, 0.25) is 10.0 Å². The number of primary sulfonamides is 1. The molecular formula is C18H17NO5S. The average Bonchev–Trinajstić information content (AvgIpc) is 3.14. The van der Waals surface area contributed by atoms with Gasteiger partial charge in [0.15, 0.2) is 0 Å². The van der Waals surface area contributed by atoms with E-state index in [0.29, 0.717) is 6.42 Å². The minimum Gasteiger partial charge on any atom is -0.508 e. The summed E-state index contributed by atoms with van der Waals surface area (Å²) < 4.78 is 29.8. The first-order valence-corrected chi connectivity index (χ1v) is 9.45. The first kappa shape index (κ1) is 16.1. The van der Waals surface area contributed by atoms with Crippen molar-refractivity contribution in [3.8, 4) is 11.5 Å². The van der Waals surface area contributed by atoms with Crippen LogP contribution >= 0.6 is 0 Å². The Balaban J connectivity index is 1.90. The number of ether oxygens (including phenoxy) is 1. The van der Waals surface area contributed by atoms with Crippen LogP contribution in [0, 0.1) is 0 Å². The highest BCUT2D eigenvalue weighted by atomic mass is 32.2. The molecule has 2 aromatic carbocycles. The highest BCUT2D eigenvalue weighted by Gasteiger charge is 2.51. The number of fused-ring (bicyclic) bond motifs is 2. The molecule has 0 saturated carbocycles. The van der Waals surface area contributed by atoms with Crippen LogP contribution in [0.1, 0.15) is 17.5 Å². The van der Waals surface area contributed by atoms with Crippen LogP contribution in [0.5, 0.6) is 11.5 Å². The van der Waals surface area contributed by atoms with Crippen LogP contribution in [0.3, 0.4) is 0 Å². The predicted molar refractivity (Wildman–Crippen MR) is 93.2 cm³/mol. The van der Waals surface area contributed by atoms with Crippen LogP contribution in [-0.2, 0) is 14.8 Å². The zero-order valence-electron chi connectivity index (χ0n) is 13.2. The predicted octanol–water partition coefficient (Wildman–Crippen LogP) is 1.84. The van der Waals surface area contributed by atoms with E-state index in [1.165, 1.54) is 0 Å². The molecule has 1 fully saturated rings. The molecule has 2 bridgehead atoms. The maximum atomic E-state index is 11.9. The summed E-state index contributed by atoms with van der Waals surface area (Å²) in [6.45, 7) is 0. The highest BCUT2D eigenvalue weighted by Crippen LogP contribution is 2.50. The average molecular weight is 359 g/mol. The lowest BCUT2D eigenvalue weighted by atomic mass is 9.83. The van der Waals surface area contributed by atoms with E-state index in [2.05, 4.69) is 0 Å².